The molecular formula is Cl5F5Nb2O15S5. The van der Waals surface area contributed by atoms with E-state index in [1.807, 2.05) is 0 Å². The zero-order chi connectivity index (χ0) is 22.5. The molecule has 0 N–H and O–H groups in total. The zero-order valence-corrected chi connectivity index (χ0v) is 25.1. The third kappa shape index (κ3) is 6860. The first-order valence-electron chi connectivity index (χ1n) is 3.27. The Balaban J connectivity index is -0.0000000148. The molecular weight excluding hydrogens is 858 g/mol. The van der Waals surface area contributed by atoms with Gasteiger partial charge in [-0.25, -0.2) is 42.1 Å². The fourth-order valence-electron chi connectivity index (χ4n) is 0. The quantitative estimate of drug-likeness (QED) is 0.0946. The summed E-state index contributed by atoms with van der Waals surface area (Å²) in [5.74, 6) is 0. The van der Waals surface area contributed by atoms with E-state index in [4.69, 9.17) is 64.9 Å². The fourth-order valence-corrected chi connectivity index (χ4v) is 0. The van der Waals surface area contributed by atoms with Crippen molar-refractivity contribution in [3.63, 3.8) is 0 Å². The van der Waals surface area contributed by atoms with Crippen LogP contribution in [0.3, 0.4) is 0 Å². The topological polar surface area (TPSA) is 286 Å². The minimum atomic E-state index is -5.42. The molecule has 0 radical (unpaired) electrons. The first kappa shape index (κ1) is 76.5. The van der Waals surface area contributed by atoms with Crippen molar-refractivity contribution in [1.82, 2.24) is 0 Å². The Morgan fingerprint density at radius 3 is 0.312 bits per heavy atom. The third-order valence-electron chi connectivity index (χ3n) is 0. The van der Waals surface area contributed by atoms with Crippen molar-refractivity contribution in [3.8, 4) is 0 Å². The molecule has 0 saturated carbocycles. The summed E-state index contributed by atoms with van der Waals surface area (Å²) in [5, 5.41) is 0. The standard InChI is InChI=1S/5ClH.5FHO3S.2Nb/c;;;;;5*1-5(2,3)4;;/h5*1H;5*(H,2,3,4);;/q;;;;;;;;;;2*+5/p-10. The molecule has 0 fully saturated rings. The van der Waals surface area contributed by atoms with Crippen molar-refractivity contribution in [2.75, 3.05) is 0 Å². The molecule has 0 aromatic heterocycles. The minimum Gasteiger partial charge on any atom is -1.00 e. The molecule has 0 aromatic carbocycles. The van der Waals surface area contributed by atoms with Gasteiger partial charge in [-0.05, 0) is 0 Å². The van der Waals surface area contributed by atoms with Crippen LogP contribution in [0.1, 0.15) is 0 Å². The summed E-state index contributed by atoms with van der Waals surface area (Å²) >= 11 is 0. The van der Waals surface area contributed by atoms with Gasteiger partial charge in [-0.15, -0.1) is 19.4 Å². The molecule has 0 atom stereocenters. The summed E-state index contributed by atoms with van der Waals surface area (Å²) in [7, 11) is -27.1. The van der Waals surface area contributed by atoms with Crippen LogP contribution in [0, 0.1) is 0 Å². The van der Waals surface area contributed by atoms with Crippen LogP contribution in [0.4, 0.5) is 19.4 Å². The van der Waals surface area contributed by atoms with Crippen molar-refractivity contribution < 1.29 is 191 Å². The second-order valence-electron chi connectivity index (χ2n) is 1.97. The first-order valence-corrected chi connectivity index (χ1v) is 9.81. The molecule has 0 aliphatic heterocycles. The molecule has 0 rings (SSSR count). The Bertz CT molecular complexity index is 655. The smallest absolute Gasteiger partial charge is 1.00 e. The van der Waals surface area contributed by atoms with Gasteiger partial charge in [0.25, 0.3) is 52.5 Å². The van der Waals surface area contributed by atoms with Crippen LogP contribution in [-0.2, 0) is 97.3 Å². The maximum atomic E-state index is 10.1. The summed E-state index contributed by atoms with van der Waals surface area (Å²) in [6.45, 7) is 0. The Labute approximate surface area is 241 Å². The van der Waals surface area contributed by atoms with E-state index < -0.39 is 52.5 Å². The first-order chi connectivity index (χ1) is 10.0. The van der Waals surface area contributed by atoms with Crippen LogP contribution in [0.25, 0.3) is 0 Å². The SMILES string of the molecule is O=S(=O)([O-])F.O=S(=O)([O-])F.O=S(=O)([O-])F.O=S(=O)([O-])F.O=S(=O)([O-])F.[Cl-].[Cl-].[Cl-].[Cl-].[Cl-].[Nb+5].[Nb+5]. The summed E-state index contributed by atoms with van der Waals surface area (Å²) in [6, 6.07) is 0. The second-order valence-corrected chi connectivity index (χ2v) is 5.90. The molecule has 0 aliphatic rings. The molecule has 0 saturated heterocycles. The van der Waals surface area contributed by atoms with Crippen LogP contribution < -0.4 is 62.0 Å². The number of halogens is 10. The average molecular weight is 858 g/mol. The molecule has 0 heterocycles. The van der Waals surface area contributed by atoms with Crippen LogP contribution in [0.2, 0.25) is 0 Å². The van der Waals surface area contributed by atoms with Crippen molar-refractivity contribution in [2.24, 2.45) is 0 Å². The van der Waals surface area contributed by atoms with Crippen molar-refractivity contribution in [3.05, 3.63) is 0 Å². The second kappa shape index (κ2) is 33.1. The van der Waals surface area contributed by atoms with E-state index in [0.717, 1.165) is 0 Å². The molecule has 32 heavy (non-hydrogen) atoms. The van der Waals surface area contributed by atoms with Crippen LogP contribution >= 0.6 is 0 Å². The van der Waals surface area contributed by atoms with E-state index >= 15 is 0 Å². The summed E-state index contributed by atoms with van der Waals surface area (Å²) in [4.78, 5) is 0. The molecule has 0 bridgehead atoms. The van der Waals surface area contributed by atoms with Gasteiger partial charge < -0.3 is 84.8 Å². The van der Waals surface area contributed by atoms with Crippen molar-refractivity contribution in [1.29, 1.82) is 0 Å². The predicted octanol–water partition coefficient (Wildman–Crippen LogP) is -17.9. The average Bonchev–Trinajstić information content (AvgIpc) is 1.79. The van der Waals surface area contributed by atoms with Gasteiger partial charge in [0.15, 0.2) is 0 Å². The van der Waals surface area contributed by atoms with Gasteiger partial charge >= 0.3 is 44.8 Å². The van der Waals surface area contributed by atoms with Crippen LogP contribution in [0.15, 0.2) is 0 Å². The molecule has 0 spiro atoms. The van der Waals surface area contributed by atoms with E-state index in [2.05, 4.69) is 0 Å². The molecule has 0 amide bonds. The number of rotatable bonds is 0. The molecule has 0 unspecified atom stereocenters. The normalized spacial score (nSPS) is 9.06. The predicted molar refractivity (Wildman–Crippen MR) is 54.0 cm³/mol. The summed E-state index contributed by atoms with van der Waals surface area (Å²) in [6.07, 6.45) is 0. The number of hydrogen-bond acceptors (Lipinski definition) is 15. The fraction of sp³-hybridized carbons (Fsp3) is 0. The van der Waals surface area contributed by atoms with Gasteiger partial charge in [0.2, 0.25) is 0 Å². The van der Waals surface area contributed by atoms with E-state index in [-0.39, 0.29) is 107 Å². The maximum absolute atomic E-state index is 10.1. The van der Waals surface area contributed by atoms with Gasteiger partial charge in [-0.1, -0.05) is 0 Å². The zero-order valence-electron chi connectivity index (χ0n) is 12.8. The Morgan fingerprint density at radius 2 is 0.312 bits per heavy atom. The molecule has 0 aromatic rings. The van der Waals surface area contributed by atoms with E-state index in [1.165, 1.54) is 0 Å². The third-order valence-corrected chi connectivity index (χ3v) is 0. The van der Waals surface area contributed by atoms with Gasteiger partial charge in [0.1, 0.15) is 0 Å². The van der Waals surface area contributed by atoms with Crippen LogP contribution in [-0.4, -0.2) is 64.9 Å². The Hall–Kier alpha value is 2.13. The summed E-state index contributed by atoms with van der Waals surface area (Å²) in [5.41, 5.74) is 0. The summed E-state index contributed by atoms with van der Waals surface area (Å²) < 4.78 is 177. The molecule has 32 heteroatoms. The molecule has 15 nitrogen and oxygen atoms in total. The van der Waals surface area contributed by atoms with Gasteiger partial charge in [-0.2, -0.15) is 0 Å². The Morgan fingerprint density at radius 1 is 0.312 bits per heavy atom. The largest absolute Gasteiger partial charge is 5.00 e. The minimum absolute atomic E-state index is 0. The van der Waals surface area contributed by atoms with Gasteiger partial charge in [-0.3, -0.25) is 0 Å². The van der Waals surface area contributed by atoms with Crippen molar-refractivity contribution in [2.45, 2.75) is 0 Å². The maximum Gasteiger partial charge on any atom is 5.00 e. The Kier molecular flexibility index (Phi) is 79.2. The van der Waals surface area contributed by atoms with Crippen molar-refractivity contribution >= 4 is 52.5 Å². The van der Waals surface area contributed by atoms with Gasteiger partial charge in [0.05, 0.1) is 0 Å². The van der Waals surface area contributed by atoms with E-state index in [9.17, 15) is 19.4 Å². The molecule has 0 aliphatic carbocycles. The van der Waals surface area contributed by atoms with E-state index in [1.54, 1.807) is 0 Å². The molecule has 200 valence electrons. The monoisotopic (exact) mass is 855 g/mol. The van der Waals surface area contributed by atoms with E-state index in [0.29, 0.717) is 0 Å². The van der Waals surface area contributed by atoms with Gasteiger partial charge in [0, 0.05) is 0 Å². The van der Waals surface area contributed by atoms with Crippen LogP contribution in [0.5, 0.6) is 0 Å². The number of hydrogen-bond donors (Lipinski definition) is 0.